The summed E-state index contributed by atoms with van der Waals surface area (Å²) in [5, 5.41) is 0. The Morgan fingerprint density at radius 3 is 2.47 bits per heavy atom. The second kappa shape index (κ2) is 6.91. The van der Waals surface area contributed by atoms with E-state index in [4.69, 9.17) is 15.2 Å². The summed E-state index contributed by atoms with van der Waals surface area (Å²) in [7, 11) is 1.38. The number of benzene rings is 1. The van der Waals surface area contributed by atoms with E-state index in [1.807, 2.05) is 31.2 Å². The molecule has 4 heteroatoms. The first-order valence-corrected chi connectivity index (χ1v) is 5.70. The number of hydrogen-bond donors (Lipinski definition) is 1. The molecule has 1 atom stereocenters. The molecule has 0 saturated carbocycles. The van der Waals surface area contributed by atoms with E-state index in [1.165, 1.54) is 7.11 Å². The van der Waals surface area contributed by atoms with Crippen LogP contribution in [-0.4, -0.2) is 26.2 Å². The summed E-state index contributed by atoms with van der Waals surface area (Å²) < 4.78 is 10.0. The van der Waals surface area contributed by atoms with Gasteiger partial charge in [-0.05, 0) is 31.0 Å². The third-order valence-corrected chi connectivity index (χ3v) is 2.54. The van der Waals surface area contributed by atoms with E-state index >= 15 is 0 Å². The first kappa shape index (κ1) is 13.5. The van der Waals surface area contributed by atoms with Crippen LogP contribution in [0.4, 0.5) is 0 Å². The Hall–Kier alpha value is -1.55. The predicted molar refractivity (Wildman–Crippen MR) is 65.9 cm³/mol. The highest BCUT2D eigenvalue weighted by Crippen LogP contribution is 2.15. The van der Waals surface area contributed by atoms with Gasteiger partial charge in [0.05, 0.1) is 19.6 Å². The molecule has 0 bridgehead atoms. The van der Waals surface area contributed by atoms with Crippen LogP contribution in [0.2, 0.25) is 0 Å². The normalized spacial score (nSPS) is 11.9. The molecule has 17 heavy (non-hydrogen) atoms. The lowest BCUT2D eigenvalue weighted by Crippen LogP contribution is -2.26. The maximum absolute atomic E-state index is 11.4. The van der Waals surface area contributed by atoms with Crippen molar-refractivity contribution >= 4 is 5.97 Å². The summed E-state index contributed by atoms with van der Waals surface area (Å²) in [6.45, 7) is 2.88. The van der Waals surface area contributed by atoms with Gasteiger partial charge >= 0.3 is 5.97 Å². The second-order valence-corrected chi connectivity index (χ2v) is 3.74. The van der Waals surface area contributed by atoms with Gasteiger partial charge in [0.1, 0.15) is 5.75 Å². The van der Waals surface area contributed by atoms with Gasteiger partial charge in [-0.1, -0.05) is 12.1 Å². The van der Waals surface area contributed by atoms with Crippen LogP contribution >= 0.6 is 0 Å². The zero-order valence-electron chi connectivity index (χ0n) is 10.3. The van der Waals surface area contributed by atoms with E-state index in [9.17, 15) is 4.79 Å². The smallest absolute Gasteiger partial charge is 0.310 e. The quantitative estimate of drug-likeness (QED) is 0.759. The first-order valence-electron chi connectivity index (χ1n) is 5.70. The lowest BCUT2D eigenvalue weighted by molar-refractivity contribution is -0.145. The maximum atomic E-state index is 11.4. The zero-order valence-corrected chi connectivity index (χ0v) is 10.3. The molecule has 0 radical (unpaired) electrons. The summed E-state index contributed by atoms with van der Waals surface area (Å²) in [6.07, 6.45) is 0.593. The van der Waals surface area contributed by atoms with Gasteiger partial charge in [0.2, 0.25) is 0 Å². The lowest BCUT2D eigenvalue weighted by atomic mass is 9.99. The molecular weight excluding hydrogens is 218 g/mol. The molecule has 2 N–H and O–H groups in total. The van der Waals surface area contributed by atoms with Crippen molar-refractivity contribution in [1.82, 2.24) is 0 Å². The summed E-state index contributed by atoms with van der Waals surface area (Å²) in [4.78, 5) is 11.4. The van der Waals surface area contributed by atoms with E-state index in [1.54, 1.807) is 0 Å². The van der Waals surface area contributed by atoms with E-state index in [0.717, 1.165) is 11.3 Å². The number of nitrogens with two attached hydrogens (primary N) is 1. The molecule has 0 heterocycles. The van der Waals surface area contributed by atoms with Crippen LogP contribution in [0, 0.1) is 5.92 Å². The molecule has 1 aromatic carbocycles. The van der Waals surface area contributed by atoms with Gasteiger partial charge in [-0.25, -0.2) is 0 Å². The number of esters is 1. The molecule has 0 fully saturated rings. The second-order valence-electron chi connectivity index (χ2n) is 3.74. The van der Waals surface area contributed by atoms with Crippen LogP contribution in [0.15, 0.2) is 24.3 Å². The van der Waals surface area contributed by atoms with Gasteiger partial charge in [0.25, 0.3) is 0 Å². The molecule has 0 amide bonds. The van der Waals surface area contributed by atoms with Crippen molar-refractivity contribution in [3.63, 3.8) is 0 Å². The number of carbonyl (C=O) groups is 1. The summed E-state index contributed by atoms with van der Waals surface area (Å²) in [5.74, 6) is 0.290. The molecule has 1 aromatic rings. The van der Waals surface area contributed by atoms with Crippen LogP contribution < -0.4 is 10.5 Å². The molecule has 0 aliphatic carbocycles. The molecule has 94 valence electrons. The number of rotatable bonds is 6. The fourth-order valence-corrected chi connectivity index (χ4v) is 1.60. The Balaban J connectivity index is 2.64. The van der Waals surface area contributed by atoms with Gasteiger partial charge in [-0.15, -0.1) is 0 Å². The zero-order chi connectivity index (χ0) is 12.7. The minimum Gasteiger partial charge on any atom is -0.494 e. The van der Waals surface area contributed by atoms with Gasteiger partial charge in [0.15, 0.2) is 0 Å². The fraction of sp³-hybridized carbons (Fsp3) is 0.462. The Kier molecular flexibility index (Phi) is 5.49. The largest absolute Gasteiger partial charge is 0.494 e. The lowest BCUT2D eigenvalue weighted by Gasteiger charge is -2.12. The average molecular weight is 237 g/mol. The summed E-state index contributed by atoms with van der Waals surface area (Å²) >= 11 is 0. The molecule has 0 saturated heterocycles. The van der Waals surface area contributed by atoms with Crippen LogP contribution in [0.3, 0.4) is 0 Å². The predicted octanol–water partition coefficient (Wildman–Crippen LogP) is 1.38. The molecule has 0 spiro atoms. The van der Waals surface area contributed by atoms with Crippen molar-refractivity contribution in [3.8, 4) is 5.75 Å². The summed E-state index contributed by atoms with van der Waals surface area (Å²) in [5.41, 5.74) is 6.60. The highest BCUT2D eigenvalue weighted by Gasteiger charge is 2.17. The van der Waals surface area contributed by atoms with E-state index in [2.05, 4.69) is 0 Å². The number of methoxy groups -OCH3 is 1. The Bertz CT molecular complexity index is 348. The number of ether oxygens (including phenoxy) is 2. The van der Waals surface area contributed by atoms with Crippen LogP contribution in [0.5, 0.6) is 5.75 Å². The van der Waals surface area contributed by atoms with Crippen molar-refractivity contribution < 1.29 is 14.3 Å². The van der Waals surface area contributed by atoms with Crippen LogP contribution in [0.25, 0.3) is 0 Å². The standard InChI is InChI=1S/C13H19NO3/c1-3-17-12-6-4-10(5-7-12)8-11(9-14)13(15)16-2/h4-7,11H,3,8-9,14H2,1-2H3. The van der Waals surface area contributed by atoms with Gasteiger partial charge in [-0.3, -0.25) is 4.79 Å². The topological polar surface area (TPSA) is 61.5 Å². The average Bonchev–Trinajstić information content (AvgIpc) is 2.37. The minimum absolute atomic E-state index is 0.263. The van der Waals surface area contributed by atoms with Gasteiger partial charge in [0, 0.05) is 6.54 Å². The van der Waals surface area contributed by atoms with Crippen molar-refractivity contribution in [2.45, 2.75) is 13.3 Å². The first-order chi connectivity index (χ1) is 8.21. The third kappa shape index (κ3) is 4.07. The highest BCUT2D eigenvalue weighted by atomic mass is 16.5. The molecular formula is C13H19NO3. The molecule has 0 aliphatic heterocycles. The highest BCUT2D eigenvalue weighted by molar-refractivity contribution is 5.72. The van der Waals surface area contributed by atoms with Crippen molar-refractivity contribution in [3.05, 3.63) is 29.8 Å². The Labute approximate surface area is 102 Å². The molecule has 0 aromatic heterocycles. The molecule has 1 rings (SSSR count). The maximum Gasteiger partial charge on any atom is 0.310 e. The van der Waals surface area contributed by atoms with Crippen molar-refractivity contribution in [2.24, 2.45) is 11.7 Å². The summed E-state index contributed by atoms with van der Waals surface area (Å²) in [6, 6.07) is 7.67. The van der Waals surface area contributed by atoms with Gasteiger partial charge in [-0.2, -0.15) is 0 Å². The third-order valence-electron chi connectivity index (χ3n) is 2.54. The number of hydrogen-bond acceptors (Lipinski definition) is 4. The van der Waals surface area contributed by atoms with Gasteiger partial charge < -0.3 is 15.2 Å². The van der Waals surface area contributed by atoms with Crippen LogP contribution in [-0.2, 0) is 16.0 Å². The van der Waals surface area contributed by atoms with Crippen LogP contribution in [0.1, 0.15) is 12.5 Å². The minimum atomic E-state index is -0.280. The fourth-order valence-electron chi connectivity index (χ4n) is 1.60. The van der Waals surface area contributed by atoms with E-state index in [0.29, 0.717) is 19.6 Å². The number of carbonyl (C=O) groups excluding carboxylic acids is 1. The molecule has 1 unspecified atom stereocenters. The Morgan fingerprint density at radius 2 is 2.00 bits per heavy atom. The van der Waals surface area contributed by atoms with Crippen molar-refractivity contribution in [1.29, 1.82) is 0 Å². The van der Waals surface area contributed by atoms with E-state index in [-0.39, 0.29) is 11.9 Å². The SMILES string of the molecule is CCOc1ccc(CC(CN)C(=O)OC)cc1. The van der Waals surface area contributed by atoms with Crippen molar-refractivity contribution in [2.75, 3.05) is 20.3 Å². The van der Waals surface area contributed by atoms with E-state index < -0.39 is 0 Å². The molecule has 4 nitrogen and oxygen atoms in total. The monoisotopic (exact) mass is 237 g/mol. The molecule has 0 aliphatic rings. The Morgan fingerprint density at radius 1 is 1.35 bits per heavy atom.